The van der Waals surface area contributed by atoms with Gasteiger partial charge in [-0.3, -0.25) is 0 Å². The van der Waals surface area contributed by atoms with E-state index in [4.69, 9.17) is 4.74 Å². The summed E-state index contributed by atoms with van der Waals surface area (Å²) in [6.07, 6.45) is 1.29. The van der Waals surface area contributed by atoms with E-state index >= 15 is 0 Å². The normalized spacial score (nSPS) is 23.2. The van der Waals surface area contributed by atoms with Crippen molar-refractivity contribution in [3.8, 4) is 5.75 Å². The molecule has 1 aliphatic carbocycles. The third-order valence-corrected chi connectivity index (χ3v) is 3.89. The minimum Gasteiger partial charge on any atom is -0.496 e. The number of benzene rings is 1. The van der Waals surface area contributed by atoms with E-state index in [1.165, 1.54) is 12.0 Å². The van der Waals surface area contributed by atoms with Crippen molar-refractivity contribution in [2.45, 2.75) is 33.2 Å². The first-order valence-corrected chi connectivity index (χ1v) is 6.46. The molecule has 1 aromatic carbocycles. The zero-order valence-corrected chi connectivity index (χ0v) is 11.3. The van der Waals surface area contributed by atoms with Crippen LogP contribution in [0.15, 0.2) is 24.3 Å². The van der Waals surface area contributed by atoms with Crippen LogP contribution in [0.25, 0.3) is 0 Å². The molecule has 2 unspecified atom stereocenters. The summed E-state index contributed by atoms with van der Waals surface area (Å²) >= 11 is 0. The van der Waals surface area contributed by atoms with E-state index in [0.717, 1.165) is 18.2 Å². The first-order valence-electron chi connectivity index (χ1n) is 6.46. The molecule has 0 heterocycles. The Bertz CT molecular complexity index is 386. The highest BCUT2D eigenvalue weighted by Gasteiger charge is 2.50. The van der Waals surface area contributed by atoms with Crippen LogP contribution < -0.4 is 10.1 Å². The molecule has 94 valence electrons. The molecule has 0 saturated heterocycles. The summed E-state index contributed by atoms with van der Waals surface area (Å²) in [5, 5.41) is 3.61. The van der Waals surface area contributed by atoms with Gasteiger partial charge >= 0.3 is 0 Å². The van der Waals surface area contributed by atoms with Crippen LogP contribution in [0.5, 0.6) is 5.75 Å². The topological polar surface area (TPSA) is 21.3 Å². The molecule has 1 fully saturated rings. The highest BCUT2D eigenvalue weighted by Crippen LogP contribution is 2.58. The van der Waals surface area contributed by atoms with Gasteiger partial charge in [0.1, 0.15) is 5.75 Å². The van der Waals surface area contributed by atoms with Crippen LogP contribution in [-0.4, -0.2) is 13.7 Å². The summed E-state index contributed by atoms with van der Waals surface area (Å²) in [4.78, 5) is 0. The van der Waals surface area contributed by atoms with Gasteiger partial charge in [0.05, 0.1) is 7.11 Å². The molecule has 0 aromatic heterocycles. The molecule has 17 heavy (non-hydrogen) atoms. The van der Waals surface area contributed by atoms with Crippen molar-refractivity contribution in [1.29, 1.82) is 0 Å². The molecular weight excluding hydrogens is 210 g/mol. The molecule has 1 N–H and O–H groups in total. The Morgan fingerprint density at radius 1 is 1.41 bits per heavy atom. The number of ether oxygens (including phenoxy) is 1. The highest BCUT2D eigenvalue weighted by atomic mass is 16.5. The fourth-order valence-electron chi connectivity index (χ4n) is 2.69. The van der Waals surface area contributed by atoms with Gasteiger partial charge < -0.3 is 10.1 Å². The number of para-hydroxylation sites is 1. The largest absolute Gasteiger partial charge is 0.496 e. The van der Waals surface area contributed by atoms with Gasteiger partial charge in [-0.25, -0.2) is 0 Å². The van der Waals surface area contributed by atoms with Gasteiger partial charge in [-0.15, -0.1) is 0 Å². The van der Waals surface area contributed by atoms with Crippen molar-refractivity contribution in [2.24, 2.45) is 11.3 Å². The van der Waals surface area contributed by atoms with E-state index in [1.807, 2.05) is 6.07 Å². The number of hydrogen-bond acceptors (Lipinski definition) is 2. The average Bonchev–Trinajstić information content (AvgIpc) is 2.95. The minimum atomic E-state index is 0.422. The zero-order chi connectivity index (χ0) is 12.5. The maximum absolute atomic E-state index is 5.48. The van der Waals surface area contributed by atoms with Crippen LogP contribution in [0, 0.1) is 11.3 Å². The predicted molar refractivity (Wildman–Crippen MR) is 71.3 cm³/mol. The van der Waals surface area contributed by atoms with Gasteiger partial charge in [-0.05, 0) is 30.4 Å². The SMILES string of the molecule is CCNC(c1ccccc1OC)C1CC1(C)C. The maximum atomic E-state index is 5.48. The number of rotatable bonds is 5. The molecule has 0 bridgehead atoms. The lowest BCUT2D eigenvalue weighted by atomic mass is 9.96. The van der Waals surface area contributed by atoms with E-state index < -0.39 is 0 Å². The Kier molecular flexibility index (Phi) is 3.43. The molecule has 2 atom stereocenters. The lowest BCUT2D eigenvalue weighted by Gasteiger charge is -2.22. The second kappa shape index (κ2) is 4.69. The minimum absolute atomic E-state index is 0.422. The predicted octanol–water partition coefficient (Wildman–Crippen LogP) is 3.39. The summed E-state index contributed by atoms with van der Waals surface area (Å²) in [5.41, 5.74) is 1.76. The van der Waals surface area contributed by atoms with Crippen LogP contribution in [0.4, 0.5) is 0 Å². The van der Waals surface area contributed by atoms with E-state index in [-0.39, 0.29) is 0 Å². The Hall–Kier alpha value is -1.02. The molecule has 2 nitrogen and oxygen atoms in total. The van der Waals surface area contributed by atoms with Crippen molar-refractivity contribution in [2.75, 3.05) is 13.7 Å². The molecule has 1 saturated carbocycles. The maximum Gasteiger partial charge on any atom is 0.123 e. The average molecular weight is 233 g/mol. The molecule has 0 aliphatic heterocycles. The Labute approximate surface area is 104 Å². The van der Waals surface area contributed by atoms with Gasteiger partial charge in [0.25, 0.3) is 0 Å². The molecule has 1 aliphatic rings. The van der Waals surface area contributed by atoms with E-state index in [9.17, 15) is 0 Å². The van der Waals surface area contributed by atoms with Crippen LogP contribution in [-0.2, 0) is 0 Å². The van der Waals surface area contributed by atoms with Crippen LogP contribution in [0.1, 0.15) is 38.8 Å². The number of hydrogen-bond donors (Lipinski definition) is 1. The van der Waals surface area contributed by atoms with Crippen LogP contribution >= 0.6 is 0 Å². The van der Waals surface area contributed by atoms with E-state index in [1.54, 1.807) is 7.11 Å². The lowest BCUT2D eigenvalue weighted by Crippen LogP contribution is -2.24. The molecule has 0 spiro atoms. The van der Waals surface area contributed by atoms with Crippen molar-refractivity contribution in [1.82, 2.24) is 5.32 Å². The molecule has 2 heteroatoms. The Morgan fingerprint density at radius 2 is 2.06 bits per heavy atom. The summed E-state index contributed by atoms with van der Waals surface area (Å²) in [6.45, 7) is 7.85. The monoisotopic (exact) mass is 233 g/mol. The summed E-state index contributed by atoms with van der Waals surface area (Å²) < 4.78 is 5.48. The first kappa shape index (κ1) is 12.4. The van der Waals surface area contributed by atoms with Crippen molar-refractivity contribution < 1.29 is 4.74 Å². The van der Waals surface area contributed by atoms with Crippen molar-refractivity contribution in [3.05, 3.63) is 29.8 Å². The Balaban J connectivity index is 2.27. The van der Waals surface area contributed by atoms with Gasteiger partial charge in [-0.1, -0.05) is 39.0 Å². The first-order chi connectivity index (χ1) is 8.10. The second-order valence-corrected chi connectivity index (χ2v) is 5.58. The molecular formula is C15H23NO. The fourth-order valence-corrected chi connectivity index (χ4v) is 2.69. The van der Waals surface area contributed by atoms with Crippen LogP contribution in [0.3, 0.4) is 0 Å². The van der Waals surface area contributed by atoms with E-state index in [0.29, 0.717) is 11.5 Å². The van der Waals surface area contributed by atoms with Gasteiger partial charge in [0.2, 0.25) is 0 Å². The van der Waals surface area contributed by atoms with Gasteiger partial charge in [-0.2, -0.15) is 0 Å². The lowest BCUT2D eigenvalue weighted by molar-refractivity contribution is 0.378. The van der Waals surface area contributed by atoms with Gasteiger partial charge in [0, 0.05) is 11.6 Å². The van der Waals surface area contributed by atoms with Crippen LogP contribution in [0.2, 0.25) is 0 Å². The zero-order valence-electron chi connectivity index (χ0n) is 11.3. The number of methoxy groups -OCH3 is 1. The molecule has 2 rings (SSSR count). The third-order valence-electron chi connectivity index (χ3n) is 3.89. The standard InChI is InChI=1S/C15H23NO/c1-5-16-14(12-10-15(12,2)3)11-8-6-7-9-13(11)17-4/h6-9,12,14,16H,5,10H2,1-4H3. The molecule has 1 aromatic rings. The number of nitrogens with one attached hydrogen (secondary N) is 1. The smallest absolute Gasteiger partial charge is 0.123 e. The van der Waals surface area contributed by atoms with Crippen molar-refractivity contribution in [3.63, 3.8) is 0 Å². The van der Waals surface area contributed by atoms with Gasteiger partial charge in [0.15, 0.2) is 0 Å². The highest BCUT2D eigenvalue weighted by molar-refractivity contribution is 5.37. The Morgan fingerprint density at radius 3 is 2.59 bits per heavy atom. The summed E-state index contributed by atoms with van der Waals surface area (Å²) in [7, 11) is 1.75. The van der Waals surface area contributed by atoms with Crippen molar-refractivity contribution >= 4 is 0 Å². The quantitative estimate of drug-likeness (QED) is 0.841. The summed E-state index contributed by atoms with van der Waals surface area (Å²) in [5.74, 6) is 1.72. The third kappa shape index (κ3) is 2.47. The fraction of sp³-hybridized carbons (Fsp3) is 0.600. The second-order valence-electron chi connectivity index (χ2n) is 5.58. The molecule has 0 amide bonds. The van der Waals surface area contributed by atoms with E-state index in [2.05, 4.69) is 44.3 Å². The molecule has 0 radical (unpaired) electrons. The summed E-state index contributed by atoms with van der Waals surface area (Å²) in [6, 6.07) is 8.78.